The molecule has 1 amide bonds. The maximum atomic E-state index is 12.3. The number of rotatable bonds is 3. The van der Waals surface area contributed by atoms with Gasteiger partial charge in [-0.3, -0.25) is 0 Å². The number of benzene rings is 1. The van der Waals surface area contributed by atoms with E-state index in [1.807, 2.05) is 11.8 Å². The Morgan fingerprint density at radius 3 is 2.54 bits per heavy atom. The summed E-state index contributed by atoms with van der Waals surface area (Å²) in [5, 5.41) is 1.21. The van der Waals surface area contributed by atoms with E-state index in [1.54, 1.807) is 6.26 Å². The highest BCUT2D eigenvalue weighted by Crippen LogP contribution is 2.40. The number of fused-ring (bicyclic) bond motifs is 3. The molecule has 5 nitrogen and oxygen atoms in total. The number of ether oxygens (including phenoxy) is 1. The van der Waals surface area contributed by atoms with E-state index in [-0.39, 0.29) is 6.09 Å². The van der Waals surface area contributed by atoms with Gasteiger partial charge in [0.05, 0.1) is 12.9 Å². The lowest BCUT2D eigenvalue weighted by atomic mass is 9.86. The van der Waals surface area contributed by atoms with Gasteiger partial charge < -0.3 is 19.0 Å². The summed E-state index contributed by atoms with van der Waals surface area (Å²) in [5.41, 5.74) is 2.45. The van der Waals surface area contributed by atoms with Gasteiger partial charge in [-0.2, -0.15) is 0 Å². The van der Waals surface area contributed by atoms with Gasteiger partial charge in [0.15, 0.2) is 0 Å². The van der Waals surface area contributed by atoms with Crippen LogP contribution in [-0.2, 0) is 4.74 Å². The number of carbonyl (C=O) groups is 1. The van der Waals surface area contributed by atoms with E-state index in [1.165, 1.54) is 23.8 Å². The minimum Gasteiger partial charge on any atom is -0.464 e. The van der Waals surface area contributed by atoms with Gasteiger partial charge >= 0.3 is 6.09 Å². The van der Waals surface area contributed by atoms with Crippen LogP contribution in [0.15, 0.2) is 34.9 Å². The molecule has 0 aliphatic carbocycles. The van der Waals surface area contributed by atoms with Crippen LogP contribution in [0.25, 0.3) is 11.0 Å². The van der Waals surface area contributed by atoms with Gasteiger partial charge in [-0.1, -0.05) is 18.2 Å². The summed E-state index contributed by atoms with van der Waals surface area (Å²) in [5.74, 6) is 0.586. The lowest BCUT2D eigenvalue weighted by molar-refractivity contribution is 0.0341. The molecule has 3 saturated heterocycles. The molecule has 0 saturated carbocycles. The van der Waals surface area contributed by atoms with Crippen LogP contribution < -0.4 is 0 Å². The molecule has 1 aromatic carbocycles. The van der Waals surface area contributed by atoms with Crippen LogP contribution in [0.5, 0.6) is 0 Å². The first-order valence-corrected chi connectivity index (χ1v) is 10.9. The van der Waals surface area contributed by atoms with Crippen molar-refractivity contribution in [2.45, 2.75) is 69.5 Å². The van der Waals surface area contributed by atoms with E-state index in [0.29, 0.717) is 30.7 Å². The molecule has 3 aliphatic heterocycles. The normalized spacial score (nSPS) is 28.8. The lowest BCUT2D eigenvalue weighted by Crippen LogP contribution is -2.53. The molecule has 5 rings (SSSR count). The van der Waals surface area contributed by atoms with Crippen molar-refractivity contribution in [2.24, 2.45) is 0 Å². The monoisotopic (exact) mass is 382 g/mol. The number of hydrogen-bond acceptors (Lipinski definition) is 4. The Balaban J connectivity index is 1.22. The molecule has 2 unspecified atom stereocenters. The van der Waals surface area contributed by atoms with E-state index in [0.717, 1.165) is 44.4 Å². The summed E-state index contributed by atoms with van der Waals surface area (Å²) < 4.78 is 11.1. The third-order valence-corrected chi connectivity index (χ3v) is 7.18. The SMILES string of the molecule is CCOC(=O)N1C2CCC1CC(N1CCC(c3cccc4ccoc34)CC1)C2. The Kier molecular flexibility index (Phi) is 4.79. The number of furan rings is 1. The van der Waals surface area contributed by atoms with Gasteiger partial charge in [0.25, 0.3) is 0 Å². The highest BCUT2D eigenvalue weighted by atomic mass is 16.6. The second kappa shape index (κ2) is 7.43. The van der Waals surface area contributed by atoms with Crippen LogP contribution >= 0.6 is 0 Å². The molecule has 0 spiro atoms. The Morgan fingerprint density at radius 1 is 1.07 bits per heavy atom. The van der Waals surface area contributed by atoms with E-state index in [9.17, 15) is 4.79 Å². The maximum Gasteiger partial charge on any atom is 0.410 e. The molecule has 0 radical (unpaired) electrons. The average Bonchev–Trinajstić information content (AvgIpc) is 3.30. The first-order chi connectivity index (χ1) is 13.7. The molecular formula is C23H30N2O3. The first kappa shape index (κ1) is 18.0. The zero-order valence-corrected chi connectivity index (χ0v) is 16.7. The summed E-state index contributed by atoms with van der Waals surface area (Å²) in [7, 11) is 0. The molecule has 3 aliphatic rings. The third-order valence-electron chi connectivity index (χ3n) is 7.18. The Hall–Kier alpha value is -2.01. The highest BCUT2D eigenvalue weighted by Gasteiger charge is 2.45. The molecule has 2 atom stereocenters. The largest absolute Gasteiger partial charge is 0.464 e. The topological polar surface area (TPSA) is 45.9 Å². The minimum absolute atomic E-state index is 0.0984. The van der Waals surface area contributed by atoms with Crippen molar-refractivity contribution in [2.75, 3.05) is 19.7 Å². The Morgan fingerprint density at radius 2 is 1.82 bits per heavy atom. The number of nitrogens with zero attached hydrogens (tertiary/aromatic N) is 2. The molecule has 3 fully saturated rings. The van der Waals surface area contributed by atoms with Gasteiger partial charge in [0, 0.05) is 23.5 Å². The number of carbonyl (C=O) groups excluding carboxylic acids is 1. The number of para-hydroxylation sites is 1. The van der Waals surface area contributed by atoms with Gasteiger partial charge in [0.2, 0.25) is 0 Å². The molecular weight excluding hydrogens is 352 g/mol. The molecule has 150 valence electrons. The summed E-state index contributed by atoms with van der Waals surface area (Å²) in [6.45, 7) is 4.64. The van der Waals surface area contributed by atoms with Gasteiger partial charge in [0.1, 0.15) is 5.58 Å². The van der Waals surface area contributed by atoms with Crippen LogP contribution in [0, 0.1) is 0 Å². The van der Waals surface area contributed by atoms with Crippen LogP contribution in [-0.4, -0.2) is 53.7 Å². The summed E-state index contributed by atoms with van der Waals surface area (Å²) in [6.07, 6.45) is 8.56. The maximum absolute atomic E-state index is 12.3. The zero-order valence-electron chi connectivity index (χ0n) is 16.7. The molecule has 28 heavy (non-hydrogen) atoms. The molecule has 1 aromatic heterocycles. The number of likely N-dealkylation sites (tertiary alicyclic amines) is 1. The average molecular weight is 383 g/mol. The van der Waals surface area contributed by atoms with Gasteiger partial charge in [-0.15, -0.1) is 0 Å². The summed E-state index contributed by atoms with van der Waals surface area (Å²) in [4.78, 5) is 17.0. The fourth-order valence-corrected chi connectivity index (χ4v) is 5.86. The van der Waals surface area contributed by atoms with E-state index in [2.05, 4.69) is 29.2 Å². The Labute approximate surface area is 166 Å². The van der Waals surface area contributed by atoms with E-state index >= 15 is 0 Å². The number of piperidine rings is 2. The van der Waals surface area contributed by atoms with Gasteiger partial charge in [-0.25, -0.2) is 4.79 Å². The third kappa shape index (κ3) is 3.10. The minimum atomic E-state index is -0.0984. The van der Waals surface area contributed by atoms with Crippen molar-refractivity contribution in [3.8, 4) is 0 Å². The molecule has 2 bridgehead atoms. The summed E-state index contributed by atoms with van der Waals surface area (Å²) >= 11 is 0. The first-order valence-electron chi connectivity index (χ1n) is 10.9. The van der Waals surface area contributed by atoms with Crippen molar-refractivity contribution in [1.29, 1.82) is 0 Å². The zero-order chi connectivity index (χ0) is 19.1. The molecule has 5 heteroatoms. The van der Waals surface area contributed by atoms with Crippen molar-refractivity contribution in [1.82, 2.24) is 9.80 Å². The van der Waals surface area contributed by atoms with E-state index < -0.39 is 0 Å². The Bertz CT molecular complexity index is 825. The summed E-state index contributed by atoms with van der Waals surface area (Å²) in [6, 6.07) is 9.94. The number of amides is 1. The van der Waals surface area contributed by atoms with Crippen LogP contribution in [0.3, 0.4) is 0 Å². The fourth-order valence-electron chi connectivity index (χ4n) is 5.86. The second-order valence-corrected chi connectivity index (χ2v) is 8.61. The van der Waals surface area contributed by atoms with Crippen LogP contribution in [0.2, 0.25) is 0 Å². The quantitative estimate of drug-likeness (QED) is 0.767. The fraction of sp³-hybridized carbons (Fsp3) is 0.609. The standard InChI is InChI=1S/C23H30N2O3/c1-2-27-23(26)25-18-6-7-19(25)15-20(14-18)24-11-8-16(9-12-24)21-5-3-4-17-10-13-28-22(17)21/h3-5,10,13,16,18-20H,2,6-9,11-12,14-15H2,1H3. The smallest absolute Gasteiger partial charge is 0.410 e. The van der Waals surface area contributed by atoms with Crippen LogP contribution in [0.1, 0.15) is 56.9 Å². The van der Waals surface area contributed by atoms with E-state index in [4.69, 9.17) is 9.15 Å². The predicted octanol–water partition coefficient (Wildman–Crippen LogP) is 4.76. The van der Waals surface area contributed by atoms with Crippen molar-refractivity contribution in [3.63, 3.8) is 0 Å². The highest BCUT2D eigenvalue weighted by molar-refractivity contribution is 5.80. The van der Waals surface area contributed by atoms with Crippen molar-refractivity contribution < 1.29 is 13.9 Å². The van der Waals surface area contributed by atoms with Gasteiger partial charge in [-0.05, 0) is 76.1 Å². The van der Waals surface area contributed by atoms with Crippen molar-refractivity contribution in [3.05, 3.63) is 36.1 Å². The molecule has 0 N–H and O–H groups in total. The number of hydrogen-bond donors (Lipinski definition) is 0. The lowest BCUT2D eigenvalue weighted by Gasteiger charge is -2.45. The second-order valence-electron chi connectivity index (χ2n) is 8.61. The molecule has 2 aromatic rings. The van der Waals surface area contributed by atoms with Crippen molar-refractivity contribution >= 4 is 17.1 Å². The molecule has 4 heterocycles. The predicted molar refractivity (Wildman–Crippen MR) is 108 cm³/mol. The van der Waals surface area contributed by atoms with Crippen LogP contribution in [0.4, 0.5) is 4.79 Å².